The molecule has 0 aromatic heterocycles. The second-order valence-electron chi connectivity index (χ2n) is 7.14. The van der Waals surface area contributed by atoms with Crippen LogP contribution < -0.4 is 14.4 Å². The molecule has 0 spiro atoms. The van der Waals surface area contributed by atoms with Gasteiger partial charge in [-0.15, -0.1) is 11.6 Å². The van der Waals surface area contributed by atoms with Gasteiger partial charge in [-0.05, 0) is 38.1 Å². The van der Waals surface area contributed by atoms with E-state index >= 15 is 0 Å². The highest BCUT2D eigenvalue weighted by Crippen LogP contribution is 2.44. The van der Waals surface area contributed by atoms with Gasteiger partial charge in [-0.2, -0.15) is 22.0 Å². The van der Waals surface area contributed by atoms with Crippen molar-refractivity contribution in [1.29, 1.82) is 0 Å². The number of amides is 1. The lowest BCUT2D eigenvalue weighted by Crippen LogP contribution is -2.52. The van der Waals surface area contributed by atoms with Crippen molar-refractivity contribution in [2.75, 3.05) is 11.5 Å². The molecule has 3 atom stereocenters. The van der Waals surface area contributed by atoms with E-state index in [0.717, 1.165) is 18.2 Å². The Morgan fingerprint density at radius 2 is 2.00 bits per heavy atom. The second kappa shape index (κ2) is 9.02. The summed E-state index contributed by atoms with van der Waals surface area (Å²) in [4.78, 5) is 22.7. The maximum Gasteiger partial charge on any atom is 0.416 e. The summed E-state index contributed by atoms with van der Waals surface area (Å²) in [6, 6.07) is 3.33. The third kappa shape index (κ3) is 5.03. The molecule has 0 saturated carbocycles. The SMILES string of the molecule is CCOC(=O)C1Oc2cc(OC3C(Cl)=CC(C(F)(F)F)=CC3(C)Cl)ccc2N(C(F)F)C1=O. The Hall–Kier alpha value is -2.53. The van der Waals surface area contributed by atoms with Gasteiger partial charge in [0.05, 0.1) is 22.9 Å². The number of ether oxygens (including phenoxy) is 3. The van der Waals surface area contributed by atoms with E-state index in [1.165, 1.54) is 19.9 Å². The lowest BCUT2D eigenvalue weighted by atomic mass is 9.93. The number of hydrogen-bond donors (Lipinski definition) is 0. The highest BCUT2D eigenvalue weighted by Gasteiger charge is 2.46. The van der Waals surface area contributed by atoms with Gasteiger partial charge in [-0.3, -0.25) is 4.79 Å². The number of fused-ring (bicyclic) bond motifs is 1. The van der Waals surface area contributed by atoms with Crippen molar-refractivity contribution < 1.29 is 45.8 Å². The first kappa shape index (κ1) is 25.1. The highest BCUT2D eigenvalue weighted by molar-refractivity contribution is 6.33. The van der Waals surface area contributed by atoms with Crippen LogP contribution in [-0.4, -0.2) is 48.3 Å². The van der Waals surface area contributed by atoms with Crippen LogP contribution in [0.5, 0.6) is 11.5 Å². The molecule has 0 N–H and O–H groups in total. The molecule has 1 aliphatic heterocycles. The Bertz CT molecular complexity index is 1020. The standard InChI is InChI=1S/C20H16Cl2F5NO5/c1-3-31-17(30)14-16(29)28(18(23)24)12-5-4-10(7-13(12)33-14)32-15-11(21)6-9(20(25,26)27)8-19(15,2)22/h4-8,14-15,18H,3H2,1-2H3. The quantitative estimate of drug-likeness (QED) is 0.183. The van der Waals surface area contributed by atoms with Gasteiger partial charge in [0.25, 0.3) is 12.0 Å². The topological polar surface area (TPSA) is 65.1 Å². The number of rotatable bonds is 5. The molecule has 1 heterocycles. The summed E-state index contributed by atoms with van der Waals surface area (Å²) in [6.07, 6.45) is -6.53. The summed E-state index contributed by atoms with van der Waals surface area (Å²) in [5.74, 6) is -2.88. The molecule has 2 aliphatic rings. The third-order valence-electron chi connectivity index (χ3n) is 4.67. The predicted octanol–water partition coefficient (Wildman–Crippen LogP) is 4.94. The van der Waals surface area contributed by atoms with Crippen LogP contribution in [0.15, 0.2) is 41.0 Å². The fourth-order valence-electron chi connectivity index (χ4n) is 3.24. The monoisotopic (exact) mass is 515 g/mol. The third-order valence-corrected chi connectivity index (χ3v) is 5.28. The molecule has 33 heavy (non-hydrogen) atoms. The van der Waals surface area contributed by atoms with E-state index in [-0.39, 0.29) is 33.7 Å². The number of benzene rings is 1. The molecule has 0 bridgehead atoms. The smallest absolute Gasteiger partial charge is 0.416 e. The first-order chi connectivity index (χ1) is 15.3. The largest absolute Gasteiger partial charge is 0.482 e. The van der Waals surface area contributed by atoms with Crippen molar-refractivity contribution in [3.8, 4) is 11.5 Å². The first-order valence-corrected chi connectivity index (χ1v) is 10.1. The van der Waals surface area contributed by atoms with Crippen LogP contribution in [0.1, 0.15) is 13.8 Å². The zero-order chi connectivity index (χ0) is 24.7. The number of carbonyl (C=O) groups is 2. The van der Waals surface area contributed by atoms with Gasteiger partial charge in [0.15, 0.2) is 6.10 Å². The molecule has 0 radical (unpaired) electrons. The average Bonchev–Trinajstić information content (AvgIpc) is 2.69. The summed E-state index contributed by atoms with van der Waals surface area (Å²) in [7, 11) is 0. The van der Waals surface area contributed by atoms with E-state index in [2.05, 4.69) is 0 Å². The summed E-state index contributed by atoms with van der Waals surface area (Å²) in [5, 5.41) is -0.352. The summed E-state index contributed by atoms with van der Waals surface area (Å²) >= 11 is 12.3. The normalized spacial score (nSPS) is 25.2. The van der Waals surface area contributed by atoms with Crippen molar-refractivity contribution in [1.82, 2.24) is 0 Å². The fourth-order valence-corrected chi connectivity index (χ4v) is 3.96. The molecular weight excluding hydrogens is 500 g/mol. The molecule has 3 unspecified atom stereocenters. The highest BCUT2D eigenvalue weighted by atomic mass is 35.5. The van der Waals surface area contributed by atoms with Crippen LogP contribution in [0.3, 0.4) is 0 Å². The number of allylic oxidation sites excluding steroid dienone is 2. The van der Waals surface area contributed by atoms with Crippen molar-refractivity contribution in [2.24, 2.45) is 0 Å². The van der Waals surface area contributed by atoms with E-state index in [1.54, 1.807) is 0 Å². The summed E-state index contributed by atoms with van der Waals surface area (Å²) in [6.45, 7) is -0.704. The van der Waals surface area contributed by atoms with Crippen LogP contribution in [0.25, 0.3) is 0 Å². The number of nitrogens with zero attached hydrogens (tertiary/aromatic N) is 1. The van der Waals surface area contributed by atoms with Crippen LogP contribution in [-0.2, 0) is 14.3 Å². The van der Waals surface area contributed by atoms with Crippen LogP contribution in [0, 0.1) is 0 Å². The Kier molecular flexibility index (Phi) is 6.86. The minimum atomic E-state index is -4.69. The Balaban J connectivity index is 1.94. The Morgan fingerprint density at radius 1 is 1.33 bits per heavy atom. The molecule has 6 nitrogen and oxygen atoms in total. The van der Waals surface area contributed by atoms with E-state index in [9.17, 15) is 31.5 Å². The lowest BCUT2D eigenvalue weighted by molar-refractivity contribution is -0.156. The molecule has 180 valence electrons. The van der Waals surface area contributed by atoms with Gasteiger partial charge >= 0.3 is 18.7 Å². The molecule has 0 saturated heterocycles. The molecular formula is C20H16Cl2F5NO5. The number of alkyl halides is 6. The number of esters is 1. The molecule has 0 fully saturated rings. The zero-order valence-corrected chi connectivity index (χ0v) is 18.5. The van der Waals surface area contributed by atoms with E-state index in [1.807, 2.05) is 0 Å². The van der Waals surface area contributed by atoms with E-state index in [4.69, 9.17) is 37.4 Å². The van der Waals surface area contributed by atoms with Gasteiger partial charge in [-0.25, -0.2) is 9.69 Å². The van der Waals surface area contributed by atoms with Gasteiger partial charge in [0.2, 0.25) is 0 Å². The number of halogens is 7. The molecule has 1 aromatic carbocycles. The summed E-state index contributed by atoms with van der Waals surface area (Å²) < 4.78 is 82.0. The minimum Gasteiger partial charge on any atom is -0.482 e. The Morgan fingerprint density at radius 3 is 2.55 bits per heavy atom. The minimum absolute atomic E-state index is 0.0711. The molecule has 1 aromatic rings. The van der Waals surface area contributed by atoms with E-state index < -0.39 is 47.3 Å². The maximum absolute atomic E-state index is 13.6. The Labute approximate surface area is 194 Å². The number of anilines is 1. The van der Waals surface area contributed by atoms with Gasteiger partial charge in [-0.1, -0.05) is 11.6 Å². The molecule has 13 heteroatoms. The van der Waals surface area contributed by atoms with Gasteiger partial charge in [0.1, 0.15) is 16.4 Å². The molecule has 1 amide bonds. The van der Waals surface area contributed by atoms with Gasteiger partial charge < -0.3 is 14.2 Å². The average molecular weight is 516 g/mol. The zero-order valence-electron chi connectivity index (χ0n) is 17.0. The second-order valence-corrected chi connectivity index (χ2v) is 8.39. The van der Waals surface area contributed by atoms with E-state index in [0.29, 0.717) is 6.08 Å². The van der Waals surface area contributed by atoms with Crippen molar-refractivity contribution in [2.45, 2.75) is 43.7 Å². The molecule has 1 aliphatic carbocycles. The van der Waals surface area contributed by atoms with Crippen molar-refractivity contribution in [3.05, 3.63) is 41.0 Å². The summed E-state index contributed by atoms with van der Waals surface area (Å²) in [5.41, 5.74) is -1.40. The van der Waals surface area contributed by atoms with Gasteiger partial charge in [0, 0.05) is 6.07 Å². The first-order valence-electron chi connectivity index (χ1n) is 9.37. The van der Waals surface area contributed by atoms with Crippen LogP contribution in [0.4, 0.5) is 27.6 Å². The number of carbonyl (C=O) groups excluding carboxylic acids is 2. The maximum atomic E-state index is 13.6. The predicted molar refractivity (Wildman–Crippen MR) is 108 cm³/mol. The molecule has 3 rings (SSSR count). The number of hydrogen-bond acceptors (Lipinski definition) is 5. The van der Waals surface area contributed by atoms with Crippen molar-refractivity contribution >= 4 is 40.8 Å². The van der Waals surface area contributed by atoms with Crippen LogP contribution in [0.2, 0.25) is 0 Å². The van der Waals surface area contributed by atoms with Crippen LogP contribution >= 0.6 is 23.2 Å². The van der Waals surface area contributed by atoms with Crippen molar-refractivity contribution in [3.63, 3.8) is 0 Å². The lowest BCUT2D eigenvalue weighted by Gasteiger charge is -2.35. The fraction of sp³-hybridized carbons (Fsp3) is 0.400.